The van der Waals surface area contributed by atoms with Gasteiger partial charge in [0.15, 0.2) is 17.0 Å². The van der Waals surface area contributed by atoms with E-state index in [1.165, 1.54) is 6.07 Å². The molecule has 2 aromatic heterocycles. The molecule has 0 spiro atoms. The monoisotopic (exact) mass is 523 g/mol. The third-order valence-electron chi connectivity index (χ3n) is 6.94. The minimum atomic E-state index is -4.67. The standard InChI is InChI=1S/C28H28F3N5O2/c1-18-7-8-21(13-19(18)2)23-15-25(28(29,30)31)36-26(32-23)16-24(33-36)27(37)35-11-9-34(10-12-35)17-20-5-4-6-22(14-20)38-3/h4-8,13-16H,9-12,17H2,1-3H3. The van der Waals surface area contributed by atoms with Crippen LogP contribution in [0.5, 0.6) is 5.75 Å². The van der Waals surface area contributed by atoms with E-state index in [1.54, 1.807) is 18.1 Å². The summed E-state index contributed by atoms with van der Waals surface area (Å²) in [6.07, 6.45) is -4.67. The number of hydrogen-bond donors (Lipinski definition) is 0. The lowest BCUT2D eigenvalue weighted by Gasteiger charge is -2.34. The fourth-order valence-corrected chi connectivity index (χ4v) is 4.63. The number of halogens is 3. The van der Waals surface area contributed by atoms with Gasteiger partial charge in [0.05, 0.1) is 12.8 Å². The third kappa shape index (κ3) is 5.22. The molecular formula is C28H28F3N5O2. The van der Waals surface area contributed by atoms with Crippen LogP contribution in [-0.4, -0.2) is 63.6 Å². The Hall–Kier alpha value is -3.92. The Kier molecular flexibility index (Phi) is 6.83. The molecule has 0 N–H and O–H groups in total. The van der Waals surface area contributed by atoms with Gasteiger partial charge in [0.1, 0.15) is 5.75 Å². The van der Waals surface area contributed by atoms with E-state index in [0.717, 1.165) is 33.0 Å². The Morgan fingerprint density at radius 2 is 1.74 bits per heavy atom. The lowest BCUT2D eigenvalue weighted by Crippen LogP contribution is -2.48. The van der Waals surface area contributed by atoms with Crippen LogP contribution in [0.4, 0.5) is 13.2 Å². The van der Waals surface area contributed by atoms with Gasteiger partial charge in [-0.05, 0) is 54.8 Å². The van der Waals surface area contributed by atoms with Crippen LogP contribution >= 0.6 is 0 Å². The first kappa shape index (κ1) is 25.7. The molecule has 10 heteroatoms. The first-order chi connectivity index (χ1) is 18.1. The van der Waals surface area contributed by atoms with Gasteiger partial charge in [-0.2, -0.15) is 18.3 Å². The zero-order valence-corrected chi connectivity index (χ0v) is 21.4. The number of methoxy groups -OCH3 is 1. The molecule has 1 aliphatic heterocycles. The van der Waals surface area contributed by atoms with Crippen molar-refractivity contribution in [2.24, 2.45) is 0 Å². The van der Waals surface area contributed by atoms with E-state index in [2.05, 4.69) is 15.0 Å². The van der Waals surface area contributed by atoms with Gasteiger partial charge in [-0.15, -0.1) is 0 Å². The Labute approximate surface area is 218 Å². The predicted molar refractivity (Wildman–Crippen MR) is 137 cm³/mol. The topological polar surface area (TPSA) is 63.0 Å². The second-order valence-electron chi connectivity index (χ2n) is 9.54. The number of amides is 1. The molecule has 3 heterocycles. The van der Waals surface area contributed by atoms with Crippen molar-refractivity contribution < 1.29 is 22.7 Å². The molecule has 1 aliphatic rings. The summed E-state index contributed by atoms with van der Waals surface area (Å²) in [5.41, 5.74) is 2.79. The quantitative estimate of drug-likeness (QED) is 0.369. The molecule has 2 aromatic carbocycles. The summed E-state index contributed by atoms with van der Waals surface area (Å²) in [5, 5.41) is 4.04. The Bertz CT molecular complexity index is 1490. The van der Waals surface area contributed by atoms with E-state index in [4.69, 9.17) is 4.74 Å². The number of aryl methyl sites for hydroxylation is 2. The Balaban J connectivity index is 1.37. The van der Waals surface area contributed by atoms with Crippen LogP contribution < -0.4 is 4.74 Å². The molecule has 1 saturated heterocycles. The van der Waals surface area contributed by atoms with E-state index in [-0.39, 0.29) is 17.0 Å². The molecule has 0 aliphatic carbocycles. The molecule has 5 rings (SSSR count). The van der Waals surface area contributed by atoms with Crippen LogP contribution in [0.2, 0.25) is 0 Å². The summed E-state index contributed by atoms with van der Waals surface area (Å²) in [6.45, 7) is 6.72. The number of aromatic nitrogens is 3. The summed E-state index contributed by atoms with van der Waals surface area (Å²) in [4.78, 5) is 21.5. The fraction of sp³-hybridized carbons (Fsp3) is 0.321. The maximum Gasteiger partial charge on any atom is 0.433 e. The van der Waals surface area contributed by atoms with Gasteiger partial charge >= 0.3 is 6.18 Å². The average molecular weight is 524 g/mol. The Morgan fingerprint density at radius 3 is 2.42 bits per heavy atom. The highest BCUT2D eigenvalue weighted by atomic mass is 19.4. The first-order valence-corrected chi connectivity index (χ1v) is 12.3. The van der Waals surface area contributed by atoms with E-state index in [1.807, 2.05) is 50.2 Å². The summed E-state index contributed by atoms with van der Waals surface area (Å²) in [7, 11) is 1.63. The number of carbonyl (C=O) groups is 1. The van der Waals surface area contributed by atoms with Crippen LogP contribution in [0.3, 0.4) is 0 Å². The lowest BCUT2D eigenvalue weighted by atomic mass is 10.0. The fourth-order valence-electron chi connectivity index (χ4n) is 4.63. The van der Waals surface area contributed by atoms with Crippen LogP contribution in [0.25, 0.3) is 16.9 Å². The number of benzene rings is 2. The summed E-state index contributed by atoms with van der Waals surface area (Å²) < 4.78 is 48.0. The van der Waals surface area contributed by atoms with Crippen molar-refractivity contribution >= 4 is 11.6 Å². The number of ether oxygens (including phenoxy) is 1. The highest BCUT2D eigenvalue weighted by molar-refractivity contribution is 5.93. The molecule has 7 nitrogen and oxygen atoms in total. The number of alkyl halides is 3. The van der Waals surface area contributed by atoms with Crippen LogP contribution in [0.15, 0.2) is 54.6 Å². The van der Waals surface area contributed by atoms with E-state index in [9.17, 15) is 18.0 Å². The molecule has 1 amide bonds. The summed E-state index contributed by atoms with van der Waals surface area (Å²) >= 11 is 0. The smallest absolute Gasteiger partial charge is 0.433 e. The maximum atomic E-state index is 14.0. The minimum absolute atomic E-state index is 0.0203. The van der Waals surface area contributed by atoms with Crippen LogP contribution in [0, 0.1) is 13.8 Å². The van der Waals surface area contributed by atoms with Gasteiger partial charge in [0.25, 0.3) is 5.91 Å². The number of fused-ring (bicyclic) bond motifs is 1. The van der Waals surface area contributed by atoms with Crippen molar-refractivity contribution in [2.45, 2.75) is 26.6 Å². The zero-order chi connectivity index (χ0) is 27.0. The summed E-state index contributed by atoms with van der Waals surface area (Å²) in [6, 6.07) is 15.5. The third-order valence-corrected chi connectivity index (χ3v) is 6.94. The van der Waals surface area contributed by atoms with Gasteiger partial charge < -0.3 is 9.64 Å². The molecule has 38 heavy (non-hydrogen) atoms. The van der Waals surface area contributed by atoms with Gasteiger partial charge in [0.2, 0.25) is 0 Å². The van der Waals surface area contributed by atoms with Crippen molar-refractivity contribution in [3.8, 4) is 17.0 Å². The van der Waals surface area contributed by atoms with Crippen LogP contribution in [-0.2, 0) is 12.7 Å². The average Bonchev–Trinajstić information content (AvgIpc) is 3.33. The molecule has 0 bridgehead atoms. The number of nitrogens with zero attached hydrogens (tertiary/aromatic N) is 5. The number of rotatable bonds is 5. The normalized spacial score (nSPS) is 14.7. The molecule has 0 unspecified atom stereocenters. The minimum Gasteiger partial charge on any atom is -0.497 e. The zero-order valence-electron chi connectivity index (χ0n) is 21.4. The van der Waals surface area contributed by atoms with Crippen molar-refractivity contribution in [2.75, 3.05) is 33.3 Å². The molecule has 0 saturated carbocycles. The van der Waals surface area contributed by atoms with E-state index in [0.29, 0.717) is 38.3 Å². The van der Waals surface area contributed by atoms with Gasteiger partial charge in [0, 0.05) is 44.4 Å². The highest BCUT2D eigenvalue weighted by Crippen LogP contribution is 2.33. The number of hydrogen-bond acceptors (Lipinski definition) is 5. The van der Waals surface area contributed by atoms with Crippen molar-refractivity contribution in [3.63, 3.8) is 0 Å². The molecule has 4 aromatic rings. The number of carbonyl (C=O) groups excluding carboxylic acids is 1. The molecule has 0 atom stereocenters. The van der Waals surface area contributed by atoms with E-state index < -0.39 is 17.8 Å². The maximum absolute atomic E-state index is 14.0. The van der Waals surface area contributed by atoms with E-state index >= 15 is 0 Å². The molecular weight excluding hydrogens is 495 g/mol. The lowest BCUT2D eigenvalue weighted by molar-refractivity contribution is -0.142. The highest BCUT2D eigenvalue weighted by Gasteiger charge is 2.36. The van der Waals surface area contributed by atoms with Crippen LogP contribution in [0.1, 0.15) is 32.9 Å². The van der Waals surface area contributed by atoms with Gasteiger partial charge in [-0.1, -0.05) is 24.3 Å². The van der Waals surface area contributed by atoms with Gasteiger partial charge in [-0.3, -0.25) is 9.69 Å². The molecule has 198 valence electrons. The second-order valence-corrected chi connectivity index (χ2v) is 9.54. The largest absolute Gasteiger partial charge is 0.497 e. The van der Waals surface area contributed by atoms with Crippen molar-refractivity contribution in [3.05, 3.63) is 82.7 Å². The Morgan fingerprint density at radius 1 is 0.974 bits per heavy atom. The second kappa shape index (κ2) is 10.1. The predicted octanol–water partition coefficient (Wildman–Crippen LogP) is 5.00. The SMILES string of the molecule is COc1cccc(CN2CCN(C(=O)c3cc4nc(-c5ccc(C)c(C)c5)cc(C(F)(F)F)n4n3)CC2)c1. The first-order valence-electron chi connectivity index (χ1n) is 12.3. The van der Waals surface area contributed by atoms with Crippen molar-refractivity contribution in [1.82, 2.24) is 24.4 Å². The summed E-state index contributed by atoms with van der Waals surface area (Å²) in [5.74, 6) is 0.382. The molecule has 1 fully saturated rings. The van der Waals surface area contributed by atoms with Crippen molar-refractivity contribution in [1.29, 1.82) is 0 Å². The molecule has 0 radical (unpaired) electrons. The van der Waals surface area contributed by atoms with Gasteiger partial charge in [-0.25, -0.2) is 9.50 Å². The number of piperazine rings is 1.